The van der Waals surface area contributed by atoms with Crippen LogP contribution in [0.25, 0.3) is 0 Å². The van der Waals surface area contributed by atoms with Crippen molar-refractivity contribution in [2.75, 3.05) is 20.2 Å². The van der Waals surface area contributed by atoms with Gasteiger partial charge < -0.3 is 10.0 Å². The zero-order valence-corrected chi connectivity index (χ0v) is 10.5. The standard InChI is InChI=1S/C13H20N2O2/c1-11-6-7-12(10-14-11)13(17)15(2)8-4-3-5-9-16/h6-7,10,16H,3-5,8-9H2,1-2H3. The van der Waals surface area contributed by atoms with Crippen molar-refractivity contribution in [1.29, 1.82) is 0 Å². The largest absolute Gasteiger partial charge is 0.396 e. The van der Waals surface area contributed by atoms with Crippen molar-refractivity contribution in [2.45, 2.75) is 26.2 Å². The van der Waals surface area contributed by atoms with Crippen LogP contribution in [0.4, 0.5) is 0 Å². The van der Waals surface area contributed by atoms with Gasteiger partial charge >= 0.3 is 0 Å². The maximum absolute atomic E-state index is 12.0. The summed E-state index contributed by atoms with van der Waals surface area (Å²) in [7, 11) is 1.79. The van der Waals surface area contributed by atoms with Crippen LogP contribution in [0.2, 0.25) is 0 Å². The van der Waals surface area contributed by atoms with E-state index in [1.807, 2.05) is 13.0 Å². The predicted octanol–water partition coefficient (Wildman–Crippen LogP) is 1.62. The number of aliphatic hydroxyl groups excluding tert-OH is 1. The van der Waals surface area contributed by atoms with Crippen molar-refractivity contribution < 1.29 is 9.90 Å². The lowest BCUT2D eigenvalue weighted by Gasteiger charge is -2.16. The summed E-state index contributed by atoms with van der Waals surface area (Å²) in [6, 6.07) is 3.64. The number of unbranched alkanes of at least 4 members (excludes halogenated alkanes) is 2. The number of amides is 1. The zero-order valence-electron chi connectivity index (χ0n) is 10.5. The van der Waals surface area contributed by atoms with Gasteiger partial charge in [-0.25, -0.2) is 0 Å². The summed E-state index contributed by atoms with van der Waals surface area (Å²) < 4.78 is 0. The van der Waals surface area contributed by atoms with Crippen LogP contribution in [0.15, 0.2) is 18.3 Å². The summed E-state index contributed by atoms with van der Waals surface area (Å²) in [5, 5.41) is 8.66. The second kappa shape index (κ2) is 7.01. The number of hydrogen-bond donors (Lipinski definition) is 1. The van der Waals surface area contributed by atoms with E-state index in [9.17, 15) is 4.79 Å². The average Bonchev–Trinajstić information content (AvgIpc) is 2.34. The first-order valence-electron chi connectivity index (χ1n) is 5.94. The monoisotopic (exact) mass is 236 g/mol. The summed E-state index contributed by atoms with van der Waals surface area (Å²) in [6.07, 6.45) is 4.28. The van der Waals surface area contributed by atoms with Crippen LogP contribution in [-0.4, -0.2) is 41.1 Å². The molecule has 94 valence electrons. The van der Waals surface area contributed by atoms with E-state index in [2.05, 4.69) is 4.98 Å². The predicted molar refractivity (Wildman–Crippen MR) is 66.9 cm³/mol. The minimum atomic E-state index is 0.00139. The molecule has 1 N–H and O–H groups in total. The Morgan fingerprint density at radius 1 is 1.35 bits per heavy atom. The molecule has 0 saturated heterocycles. The van der Waals surface area contributed by atoms with Crippen molar-refractivity contribution in [3.63, 3.8) is 0 Å². The Balaban J connectivity index is 2.43. The highest BCUT2D eigenvalue weighted by Crippen LogP contribution is 2.05. The molecule has 4 heteroatoms. The first-order chi connectivity index (χ1) is 8.15. The van der Waals surface area contributed by atoms with Gasteiger partial charge in [0.15, 0.2) is 0 Å². The van der Waals surface area contributed by atoms with E-state index in [4.69, 9.17) is 5.11 Å². The third-order valence-corrected chi connectivity index (χ3v) is 2.66. The molecule has 0 radical (unpaired) electrons. The maximum Gasteiger partial charge on any atom is 0.255 e. The number of pyridine rings is 1. The van der Waals surface area contributed by atoms with E-state index in [0.29, 0.717) is 12.1 Å². The molecule has 1 rings (SSSR count). The Kier molecular flexibility index (Phi) is 5.63. The van der Waals surface area contributed by atoms with Gasteiger partial charge in [0.1, 0.15) is 0 Å². The fourth-order valence-electron chi connectivity index (χ4n) is 1.55. The number of aryl methyl sites for hydroxylation is 1. The fraction of sp³-hybridized carbons (Fsp3) is 0.538. The van der Waals surface area contributed by atoms with Gasteiger partial charge in [0.2, 0.25) is 0 Å². The van der Waals surface area contributed by atoms with Gasteiger partial charge in [-0.05, 0) is 38.3 Å². The molecule has 1 heterocycles. The molecule has 1 amide bonds. The molecule has 0 spiro atoms. The number of hydrogen-bond acceptors (Lipinski definition) is 3. The minimum Gasteiger partial charge on any atom is -0.396 e. The molecule has 0 bridgehead atoms. The summed E-state index contributed by atoms with van der Waals surface area (Å²) >= 11 is 0. The van der Waals surface area contributed by atoms with Gasteiger partial charge in [0.25, 0.3) is 5.91 Å². The van der Waals surface area contributed by atoms with Crippen LogP contribution in [-0.2, 0) is 0 Å². The molecule has 0 aliphatic carbocycles. The Hall–Kier alpha value is -1.42. The molecule has 0 atom stereocenters. The Labute approximate surface area is 102 Å². The van der Waals surface area contributed by atoms with E-state index in [1.54, 1.807) is 24.2 Å². The van der Waals surface area contributed by atoms with Crippen molar-refractivity contribution >= 4 is 5.91 Å². The quantitative estimate of drug-likeness (QED) is 0.764. The molecular weight excluding hydrogens is 216 g/mol. The fourth-order valence-corrected chi connectivity index (χ4v) is 1.55. The van der Waals surface area contributed by atoms with Crippen LogP contribution in [0.1, 0.15) is 35.3 Å². The molecule has 0 aliphatic heterocycles. The summed E-state index contributed by atoms with van der Waals surface area (Å²) in [4.78, 5) is 17.8. The van der Waals surface area contributed by atoms with Gasteiger partial charge in [-0.1, -0.05) is 0 Å². The van der Waals surface area contributed by atoms with Crippen molar-refractivity contribution in [3.8, 4) is 0 Å². The lowest BCUT2D eigenvalue weighted by atomic mass is 10.2. The van der Waals surface area contributed by atoms with Crippen LogP contribution < -0.4 is 0 Å². The molecular formula is C13H20N2O2. The van der Waals surface area contributed by atoms with E-state index in [1.165, 1.54) is 0 Å². The second-order valence-corrected chi connectivity index (χ2v) is 4.20. The van der Waals surface area contributed by atoms with Crippen molar-refractivity contribution in [2.24, 2.45) is 0 Å². The lowest BCUT2D eigenvalue weighted by Crippen LogP contribution is -2.27. The summed E-state index contributed by atoms with van der Waals surface area (Å²) in [5.74, 6) is 0.00139. The molecule has 1 aromatic rings. The number of carbonyl (C=O) groups is 1. The minimum absolute atomic E-state index is 0.00139. The van der Waals surface area contributed by atoms with Crippen LogP contribution in [0.5, 0.6) is 0 Å². The van der Waals surface area contributed by atoms with Crippen molar-refractivity contribution in [1.82, 2.24) is 9.88 Å². The smallest absolute Gasteiger partial charge is 0.255 e. The van der Waals surface area contributed by atoms with Gasteiger partial charge in [-0.15, -0.1) is 0 Å². The molecule has 0 saturated carbocycles. The first kappa shape index (κ1) is 13.6. The highest BCUT2D eigenvalue weighted by atomic mass is 16.2. The van der Waals surface area contributed by atoms with Gasteiger partial charge in [0.05, 0.1) is 5.56 Å². The molecule has 0 unspecified atom stereocenters. The molecule has 0 aromatic carbocycles. The molecule has 0 fully saturated rings. The van der Waals surface area contributed by atoms with E-state index < -0.39 is 0 Å². The van der Waals surface area contributed by atoms with Gasteiger partial charge in [-0.2, -0.15) is 0 Å². The summed E-state index contributed by atoms with van der Waals surface area (Å²) in [6.45, 7) is 2.83. The van der Waals surface area contributed by atoms with Crippen LogP contribution in [0, 0.1) is 6.92 Å². The third kappa shape index (κ3) is 4.53. The number of nitrogens with zero attached hydrogens (tertiary/aromatic N) is 2. The van der Waals surface area contributed by atoms with Crippen LogP contribution >= 0.6 is 0 Å². The Morgan fingerprint density at radius 2 is 2.12 bits per heavy atom. The first-order valence-corrected chi connectivity index (χ1v) is 5.94. The Morgan fingerprint density at radius 3 is 2.71 bits per heavy atom. The molecule has 0 aliphatic rings. The number of aliphatic hydroxyl groups is 1. The van der Waals surface area contributed by atoms with Gasteiger partial charge in [0, 0.05) is 32.1 Å². The summed E-state index contributed by atoms with van der Waals surface area (Å²) in [5.41, 5.74) is 1.53. The Bertz CT molecular complexity index is 349. The van der Waals surface area contributed by atoms with Gasteiger partial charge in [-0.3, -0.25) is 9.78 Å². The van der Waals surface area contributed by atoms with E-state index >= 15 is 0 Å². The SMILES string of the molecule is Cc1ccc(C(=O)N(C)CCCCCO)cn1. The van der Waals surface area contributed by atoms with E-state index in [0.717, 1.165) is 25.0 Å². The van der Waals surface area contributed by atoms with Crippen LogP contribution in [0.3, 0.4) is 0 Å². The zero-order chi connectivity index (χ0) is 12.7. The second-order valence-electron chi connectivity index (χ2n) is 4.20. The third-order valence-electron chi connectivity index (χ3n) is 2.66. The number of rotatable bonds is 6. The number of carbonyl (C=O) groups excluding carboxylic acids is 1. The molecule has 17 heavy (non-hydrogen) atoms. The highest BCUT2D eigenvalue weighted by molar-refractivity contribution is 5.93. The highest BCUT2D eigenvalue weighted by Gasteiger charge is 2.10. The molecule has 1 aromatic heterocycles. The lowest BCUT2D eigenvalue weighted by molar-refractivity contribution is 0.0791. The van der Waals surface area contributed by atoms with Crippen molar-refractivity contribution in [3.05, 3.63) is 29.6 Å². The normalized spacial score (nSPS) is 10.3. The average molecular weight is 236 g/mol. The molecule has 4 nitrogen and oxygen atoms in total. The topological polar surface area (TPSA) is 53.4 Å². The maximum atomic E-state index is 12.0. The number of aromatic nitrogens is 1. The van der Waals surface area contributed by atoms with E-state index in [-0.39, 0.29) is 12.5 Å².